The lowest BCUT2D eigenvalue weighted by molar-refractivity contribution is -0.0000609. The van der Waals surface area contributed by atoms with E-state index in [2.05, 4.69) is 24.3 Å². The van der Waals surface area contributed by atoms with Crippen LogP contribution in [0.15, 0.2) is 140 Å². The van der Waals surface area contributed by atoms with E-state index in [4.69, 9.17) is 9.97 Å². The fraction of sp³-hybridized carbons (Fsp3) is 0.0968. The second-order valence-corrected chi connectivity index (χ2v) is 8.39. The van der Waals surface area contributed by atoms with Crippen LogP contribution in [-0.2, 0) is 5.60 Å². The monoisotopic (exact) mass is 442 g/mol. The van der Waals surface area contributed by atoms with Crippen LogP contribution < -0.4 is 0 Å². The SMILES string of the molecule is OC(c1ccccc1)([C@@H](c1ccccc1)c1ccccn1)[C@@H](c1ccccc1)c1ccccn1. The molecule has 166 valence electrons. The molecule has 5 aromatic rings. The van der Waals surface area contributed by atoms with Gasteiger partial charge in [-0.05, 0) is 41.0 Å². The maximum absolute atomic E-state index is 13.1. The fourth-order valence-electron chi connectivity index (χ4n) is 4.89. The van der Waals surface area contributed by atoms with E-state index >= 15 is 0 Å². The number of nitrogens with zero attached hydrogens (tertiary/aromatic N) is 2. The minimum atomic E-state index is -1.38. The summed E-state index contributed by atoms with van der Waals surface area (Å²) in [6.07, 6.45) is 3.57. The molecule has 2 atom stereocenters. The highest BCUT2D eigenvalue weighted by Crippen LogP contribution is 2.51. The van der Waals surface area contributed by atoms with Gasteiger partial charge in [0.15, 0.2) is 0 Å². The van der Waals surface area contributed by atoms with Crippen molar-refractivity contribution in [1.82, 2.24) is 9.97 Å². The lowest BCUT2D eigenvalue weighted by atomic mass is 9.65. The number of benzene rings is 3. The highest BCUT2D eigenvalue weighted by Gasteiger charge is 2.49. The summed E-state index contributed by atoms with van der Waals surface area (Å²) in [6, 6.07) is 41.9. The molecule has 0 aliphatic rings. The van der Waals surface area contributed by atoms with Gasteiger partial charge < -0.3 is 5.11 Å². The van der Waals surface area contributed by atoms with Gasteiger partial charge in [0.1, 0.15) is 5.60 Å². The van der Waals surface area contributed by atoms with Crippen molar-refractivity contribution >= 4 is 0 Å². The molecule has 0 amide bonds. The van der Waals surface area contributed by atoms with Gasteiger partial charge in [-0.25, -0.2) is 0 Å². The van der Waals surface area contributed by atoms with Gasteiger partial charge in [-0.2, -0.15) is 0 Å². The predicted molar refractivity (Wildman–Crippen MR) is 135 cm³/mol. The van der Waals surface area contributed by atoms with Crippen LogP contribution in [0.1, 0.15) is 39.9 Å². The molecular weight excluding hydrogens is 416 g/mol. The molecular formula is C31H26N2O. The molecule has 2 heterocycles. The van der Waals surface area contributed by atoms with E-state index in [0.717, 1.165) is 28.1 Å². The van der Waals surface area contributed by atoms with Crippen molar-refractivity contribution in [3.63, 3.8) is 0 Å². The van der Waals surface area contributed by atoms with Crippen molar-refractivity contribution in [1.29, 1.82) is 0 Å². The second kappa shape index (κ2) is 9.82. The third-order valence-corrected chi connectivity index (χ3v) is 6.35. The van der Waals surface area contributed by atoms with E-state index in [1.165, 1.54) is 0 Å². The van der Waals surface area contributed by atoms with Gasteiger partial charge >= 0.3 is 0 Å². The zero-order valence-electron chi connectivity index (χ0n) is 18.8. The summed E-state index contributed by atoms with van der Waals surface area (Å²) in [4.78, 5) is 9.47. The fourth-order valence-corrected chi connectivity index (χ4v) is 4.89. The molecule has 0 saturated carbocycles. The average Bonchev–Trinajstić information content (AvgIpc) is 2.92. The lowest BCUT2D eigenvalue weighted by Crippen LogP contribution is -2.41. The van der Waals surface area contributed by atoms with Gasteiger partial charge in [0.25, 0.3) is 0 Å². The smallest absolute Gasteiger partial charge is 0.114 e. The Bertz CT molecular complexity index is 1130. The average molecular weight is 443 g/mol. The normalized spacial score (nSPS) is 13.2. The van der Waals surface area contributed by atoms with E-state index in [0.29, 0.717) is 0 Å². The summed E-state index contributed by atoms with van der Waals surface area (Å²) in [5.41, 5.74) is 3.02. The summed E-state index contributed by atoms with van der Waals surface area (Å²) in [7, 11) is 0. The number of aliphatic hydroxyl groups is 1. The molecule has 0 radical (unpaired) electrons. The van der Waals surface area contributed by atoms with E-state index in [-0.39, 0.29) is 0 Å². The minimum absolute atomic E-state index is 0.440. The summed E-state index contributed by atoms with van der Waals surface area (Å²) in [6.45, 7) is 0. The first-order valence-electron chi connectivity index (χ1n) is 11.5. The van der Waals surface area contributed by atoms with Crippen LogP contribution in [0.3, 0.4) is 0 Å². The molecule has 0 saturated heterocycles. The first kappa shape index (κ1) is 21.7. The van der Waals surface area contributed by atoms with Gasteiger partial charge in [-0.1, -0.05) is 103 Å². The molecule has 3 aromatic carbocycles. The van der Waals surface area contributed by atoms with Crippen molar-refractivity contribution in [3.8, 4) is 0 Å². The predicted octanol–water partition coefficient (Wildman–Crippen LogP) is 6.33. The maximum Gasteiger partial charge on any atom is 0.114 e. The van der Waals surface area contributed by atoms with Gasteiger partial charge in [0, 0.05) is 12.4 Å². The lowest BCUT2D eigenvalue weighted by Gasteiger charge is -2.43. The highest BCUT2D eigenvalue weighted by atomic mass is 16.3. The standard InChI is InChI=1S/C31H26N2O/c34-31(26-18-8-3-9-19-26,29(24-14-4-1-5-15-24)27-20-10-12-22-32-27)30(25-16-6-2-7-17-25)28-21-11-13-23-33-28/h1-23,29-30,34H/t29-,30-/m0/s1. The zero-order valence-corrected chi connectivity index (χ0v) is 18.8. The highest BCUT2D eigenvalue weighted by molar-refractivity contribution is 5.45. The Kier molecular flexibility index (Phi) is 6.28. The van der Waals surface area contributed by atoms with Crippen molar-refractivity contribution in [3.05, 3.63) is 168 Å². The second-order valence-electron chi connectivity index (χ2n) is 8.39. The third kappa shape index (κ3) is 4.14. The summed E-state index contributed by atoms with van der Waals surface area (Å²) in [5.74, 6) is -0.881. The molecule has 0 aliphatic carbocycles. The molecule has 0 aliphatic heterocycles. The van der Waals surface area contributed by atoms with Gasteiger partial charge in [-0.15, -0.1) is 0 Å². The Balaban J connectivity index is 1.85. The Morgan fingerprint density at radius 2 is 0.853 bits per heavy atom. The summed E-state index contributed by atoms with van der Waals surface area (Å²) < 4.78 is 0. The number of pyridine rings is 2. The van der Waals surface area contributed by atoms with Crippen molar-refractivity contribution in [2.24, 2.45) is 0 Å². The molecule has 0 fully saturated rings. The molecule has 34 heavy (non-hydrogen) atoms. The zero-order chi connectivity index (χ0) is 23.2. The van der Waals surface area contributed by atoms with Crippen LogP contribution >= 0.6 is 0 Å². The van der Waals surface area contributed by atoms with E-state index < -0.39 is 17.4 Å². The third-order valence-electron chi connectivity index (χ3n) is 6.35. The van der Waals surface area contributed by atoms with E-state index in [9.17, 15) is 5.11 Å². The Labute approximate surface area is 200 Å². The van der Waals surface area contributed by atoms with Crippen LogP contribution in [0.5, 0.6) is 0 Å². The first-order valence-corrected chi connectivity index (χ1v) is 11.5. The first-order chi connectivity index (χ1) is 16.8. The molecule has 5 rings (SSSR count). The maximum atomic E-state index is 13.1. The van der Waals surface area contributed by atoms with Gasteiger partial charge in [0.2, 0.25) is 0 Å². The van der Waals surface area contributed by atoms with E-state index in [1.54, 1.807) is 12.4 Å². The van der Waals surface area contributed by atoms with Crippen molar-refractivity contribution < 1.29 is 5.11 Å². The van der Waals surface area contributed by atoms with Crippen LogP contribution in [0.2, 0.25) is 0 Å². The largest absolute Gasteiger partial charge is 0.383 e. The molecule has 3 heteroatoms. The van der Waals surface area contributed by atoms with E-state index in [1.807, 2.05) is 103 Å². The topological polar surface area (TPSA) is 46.0 Å². The quantitative estimate of drug-likeness (QED) is 0.320. The molecule has 1 N–H and O–H groups in total. The molecule has 0 spiro atoms. The van der Waals surface area contributed by atoms with Gasteiger partial charge in [0.05, 0.1) is 23.2 Å². The summed E-state index contributed by atoms with van der Waals surface area (Å²) >= 11 is 0. The number of aromatic nitrogens is 2. The van der Waals surface area contributed by atoms with Crippen LogP contribution in [0.4, 0.5) is 0 Å². The van der Waals surface area contributed by atoms with Crippen LogP contribution in [0.25, 0.3) is 0 Å². The van der Waals surface area contributed by atoms with Crippen molar-refractivity contribution in [2.75, 3.05) is 0 Å². The summed E-state index contributed by atoms with van der Waals surface area (Å²) in [5, 5.41) is 13.1. The molecule has 3 nitrogen and oxygen atoms in total. The van der Waals surface area contributed by atoms with Crippen LogP contribution in [0, 0.1) is 0 Å². The Morgan fingerprint density at radius 1 is 0.471 bits per heavy atom. The van der Waals surface area contributed by atoms with Crippen molar-refractivity contribution in [2.45, 2.75) is 17.4 Å². The number of hydrogen-bond acceptors (Lipinski definition) is 3. The Hall–Kier alpha value is -4.08. The van der Waals surface area contributed by atoms with Crippen LogP contribution in [-0.4, -0.2) is 15.1 Å². The number of rotatable bonds is 7. The number of hydrogen-bond donors (Lipinski definition) is 1. The molecule has 0 unspecified atom stereocenters. The minimum Gasteiger partial charge on any atom is -0.383 e. The Morgan fingerprint density at radius 3 is 1.24 bits per heavy atom. The molecule has 2 aromatic heterocycles. The molecule has 0 bridgehead atoms. The van der Waals surface area contributed by atoms with Gasteiger partial charge in [-0.3, -0.25) is 9.97 Å².